The SMILES string of the molecule is CCc1cc(C(C)(c2ccc(O)c(C)c2)c2ccc(O)c(C)c2)ccc1O. The predicted octanol–water partition coefficient (Wildman–Crippen LogP) is 5.34. The summed E-state index contributed by atoms with van der Waals surface area (Å²) < 4.78 is 0. The third-order valence-corrected chi connectivity index (χ3v) is 5.59. The van der Waals surface area contributed by atoms with Gasteiger partial charge in [0.1, 0.15) is 17.2 Å². The average Bonchev–Trinajstić information content (AvgIpc) is 2.66. The molecule has 3 aromatic carbocycles. The second-order valence-electron chi connectivity index (χ2n) is 7.32. The molecule has 0 saturated carbocycles. The van der Waals surface area contributed by atoms with Crippen LogP contribution in [0.1, 0.15) is 47.2 Å². The fraction of sp³-hybridized carbons (Fsp3) is 0.250. The van der Waals surface area contributed by atoms with Gasteiger partial charge in [-0.05, 0) is 78.8 Å². The van der Waals surface area contributed by atoms with Crippen molar-refractivity contribution in [1.82, 2.24) is 0 Å². The van der Waals surface area contributed by atoms with Crippen LogP contribution in [0, 0.1) is 13.8 Å². The van der Waals surface area contributed by atoms with E-state index in [-0.39, 0.29) is 11.5 Å². The Morgan fingerprint density at radius 2 is 1.07 bits per heavy atom. The van der Waals surface area contributed by atoms with Crippen molar-refractivity contribution in [2.24, 2.45) is 0 Å². The average molecular weight is 362 g/mol. The summed E-state index contributed by atoms with van der Waals surface area (Å²) in [6.07, 6.45) is 0.735. The predicted molar refractivity (Wildman–Crippen MR) is 109 cm³/mol. The monoisotopic (exact) mass is 362 g/mol. The number of aryl methyl sites for hydroxylation is 3. The van der Waals surface area contributed by atoms with E-state index in [2.05, 4.69) is 6.92 Å². The maximum Gasteiger partial charge on any atom is 0.118 e. The van der Waals surface area contributed by atoms with Gasteiger partial charge in [-0.25, -0.2) is 0 Å². The molecule has 0 atom stereocenters. The van der Waals surface area contributed by atoms with Gasteiger partial charge in [-0.1, -0.05) is 43.3 Å². The van der Waals surface area contributed by atoms with E-state index in [0.29, 0.717) is 5.75 Å². The van der Waals surface area contributed by atoms with Crippen molar-refractivity contribution in [3.8, 4) is 17.2 Å². The lowest BCUT2D eigenvalue weighted by Gasteiger charge is -2.33. The lowest BCUT2D eigenvalue weighted by Crippen LogP contribution is -2.26. The molecule has 3 heteroatoms. The first-order chi connectivity index (χ1) is 12.8. The van der Waals surface area contributed by atoms with Crippen LogP contribution in [0.3, 0.4) is 0 Å². The fourth-order valence-corrected chi connectivity index (χ4v) is 3.61. The van der Waals surface area contributed by atoms with Crippen LogP contribution in [0.2, 0.25) is 0 Å². The van der Waals surface area contributed by atoms with Gasteiger partial charge in [0, 0.05) is 5.41 Å². The summed E-state index contributed by atoms with van der Waals surface area (Å²) in [5.74, 6) is 0.832. The Morgan fingerprint density at radius 1 is 0.667 bits per heavy atom. The van der Waals surface area contributed by atoms with Crippen LogP contribution < -0.4 is 0 Å². The smallest absolute Gasteiger partial charge is 0.118 e. The number of benzene rings is 3. The van der Waals surface area contributed by atoms with Crippen LogP contribution >= 0.6 is 0 Å². The van der Waals surface area contributed by atoms with Gasteiger partial charge in [-0.3, -0.25) is 0 Å². The normalized spacial score (nSPS) is 11.6. The Kier molecular flexibility index (Phi) is 4.88. The molecule has 0 heterocycles. The summed E-state index contributed by atoms with van der Waals surface area (Å²) in [7, 11) is 0. The molecule has 140 valence electrons. The lowest BCUT2D eigenvalue weighted by molar-refractivity contribution is 0.468. The Labute approximate surface area is 160 Å². The zero-order valence-electron chi connectivity index (χ0n) is 16.2. The first-order valence-corrected chi connectivity index (χ1v) is 9.20. The van der Waals surface area contributed by atoms with Gasteiger partial charge in [-0.2, -0.15) is 0 Å². The summed E-state index contributed by atoms with van der Waals surface area (Å²) in [6, 6.07) is 17.0. The largest absolute Gasteiger partial charge is 0.508 e. The van der Waals surface area contributed by atoms with Crippen LogP contribution in [0.15, 0.2) is 54.6 Å². The molecule has 0 aromatic heterocycles. The molecule has 0 radical (unpaired) electrons. The summed E-state index contributed by atoms with van der Waals surface area (Å²) >= 11 is 0. The summed E-state index contributed by atoms with van der Waals surface area (Å²) in [6.45, 7) is 7.92. The minimum Gasteiger partial charge on any atom is -0.508 e. The molecule has 3 nitrogen and oxygen atoms in total. The van der Waals surface area contributed by atoms with Crippen molar-refractivity contribution >= 4 is 0 Å². The molecular formula is C24H26O3. The maximum absolute atomic E-state index is 10.1. The molecule has 3 aromatic rings. The van der Waals surface area contributed by atoms with Gasteiger partial charge in [0.25, 0.3) is 0 Å². The van der Waals surface area contributed by atoms with E-state index in [1.54, 1.807) is 18.2 Å². The standard InChI is InChI=1S/C24H26O3/c1-5-17-14-20(8-11-23(17)27)24(4,18-6-9-21(25)15(2)12-18)19-7-10-22(26)16(3)13-19/h6-14,25-27H,5H2,1-4H3. The first kappa shape index (κ1) is 18.8. The van der Waals surface area contributed by atoms with Gasteiger partial charge in [-0.15, -0.1) is 0 Å². The number of rotatable bonds is 4. The molecule has 0 unspecified atom stereocenters. The van der Waals surface area contributed by atoms with Crippen molar-refractivity contribution in [3.05, 3.63) is 88.0 Å². The lowest BCUT2D eigenvalue weighted by atomic mass is 9.70. The molecule has 0 saturated heterocycles. The highest BCUT2D eigenvalue weighted by atomic mass is 16.3. The molecule has 3 N–H and O–H groups in total. The topological polar surface area (TPSA) is 60.7 Å². The van der Waals surface area contributed by atoms with Crippen LogP contribution in [0.4, 0.5) is 0 Å². The molecule has 0 aliphatic rings. The summed E-state index contributed by atoms with van der Waals surface area (Å²) in [5.41, 5.74) is 5.13. The quantitative estimate of drug-likeness (QED) is 0.549. The number of phenols is 3. The van der Waals surface area contributed by atoms with Crippen LogP contribution in [0.25, 0.3) is 0 Å². The van der Waals surface area contributed by atoms with Crippen molar-refractivity contribution < 1.29 is 15.3 Å². The molecule has 0 amide bonds. The molecule has 0 bridgehead atoms. The summed E-state index contributed by atoms with van der Waals surface area (Å²) in [4.78, 5) is 0. The number of hydrogen-bond donors (Lipinski definition) is 3. The van der Waals surface area contributed by atoms with E-state index in [4.69, 9.17) is 0 Å². The van der Waals surface area contributed by atoms with Crippen molar-refractivity contribution in [2.75, 3.05) is 0 Å². The number of phenolic OH excluding ortho intramolecular Hbond substituents is 3. The van der Waals surface area contributed by atoms with Crippen molar-refractivity contribution in [3.63, 3.8) is 0 Å². The molecule has 27 heavy (non-hydrogen) atoms. The Bertz CT molecular complexity index is 937. The third kappa shape index (κ3) is 3.25. The van der Waals surface area contributed by atoms with Crippen LogP contribution in [0.5, 0.6) is 17.2 Å². The highest BCUT2D eigenvalue weighted by Crippen LogP contribution is 2.42. The second-order valence-corrected chi connectivity index (χ2v) is 7.32. The van der Waals surface area contributed by atoms with E-state index in [0.717, 1.165) is 39.8 Å². The number of hydrogen-bond acceptors (Lipinski definition) is 3. The first-order valence-electron chi connectivity index (χ1n) is 9.20. The van der Waals surface area contributed by atoms with E-state index in [1.807, 2.05) is 57.2 Å². The molecule has 0 spiro atoms. The summed E-state index contributed by atoms with van der Waals surface area (Å²) in [5, 5.41) is 30.1. The zero-order valence-corrected chi connectivity index (χ0v) is 16.2. The molecule has 0 aliphatic heterocycles. The number of aromatic hydroxyl groups is 3. The van der Waals surface area contributed by atoms with Crippen molar-refractivity contribution in [1.29, 1.82) is 0 Å². The zero-order chi connectivity index (χ0) is 19.8. The maximum atomic E-state index is 10.1. The van der Waals surface area contributed by atoms with Crippen LogP contribution in [-0.4, -0.2) is 15.3 Å². The third-order valence-electron chi connectivity index (χ3n) is 5.59. The molecule has 0 aliphatic carbocycles. The Balaban J connectivity index is 2.31. The fourth-order valence-electron chi connectivity index (χ4n) is 3.61. The van der Waals surface area contributed by atoms with E-state index < -0.39 is 5.41 Å². The minimum atomic E-state index is -0.505. The molecular weight excluding hydrogens is 336 g/mol. The van der Waals surface area contributed by atoms with Gasteiger partial charge in [0.05, 0.1) is 0 Å². The minimum absolute atomic E-state index is 0.267. The second kappa shape index (κ2) is 6.99. The van der Waals surface area contributed by atoms with E-state index in [1.165, 1.54) is 0 Å². The Hall–Kier alpha value is -2.94. The van der Waals surface area contributed by atoms with Gasteiger partial charge >= 0.3 is 0 Å². The van der Waals surface area contributed by atoms with Crippen molar-refractivity contribution in [2.45, 2.75) is 39.5 Å². The Morgan fingerprint density at radius 3 is 1.48 bits per heavy atom. The molecule has 3 rings (SSSR count). The molecule has 0 fully saturated rings. The van der Waals surface area contributed by atoms with Gasteiger partial charge < -0.3 is 15.3 Å². The van der Waals surface area contributed by atoms with Gasteiger partial charge in [0.15, 0.2) is 0 Å². The van der Waals surface area contributed by atoms with Crippen LogP contribution in [-0.2, 0) is 11.8 Å². The highest BCUT2D eigenvalue weighted by Gasteiger charge is 2.32. The van der Waals surface area contributed by atoms with Gasteiger partial charge in [0.2, 0.25) is 0 Å². The highest BCUT2D eigenvalue weighted by molar-refractivity contribution is 5.55. The van der Waals surface area contributed by atoms with E-state index in [9.17, 15) is 15.3 Å². The van der Waals surface area contributed by atoms with E-state index >= 15 is 0 Å².